The zero-order valence-electron chi connectivity index (χ0n) is 12.5. The zero-order valence-corrected chi connectivity index (χ0v) is 14.1. The van der Waals surface area contributed by atoms with E-state index in [4.69, 9.17) is 4.74 Å². The average molecular weight is 379 g/mol. The summed E-state index contributed by atoms with van der Waals surface area (Å²) < 4.78 is 35.1. The first-order valence-corrected chi connectivity index (χ1v) is 7.62. The molecule has 0 aliphatic rings. The fraction of sp³-hybridized carbons (Fsp3) is 0.118. The van der Waals surface area contributed by atoms with Crippen LogP contribution in [0.15, 0.2) is 47.1 Å². The Morgan fingerprint density at radius 2 is 1.87 bits per heavy atom. The monoisotopic (exact) mass is 378 g/mol. The highest BCUT2D eigenvalue weighted by molar-refractivity contribution is 9.10. The minimum absolute atomic E-state index is 0.327. The van der Waals surface area contributed by atoms with Crippen molar-refractivity contribution < 1.29 is 13.5 Å². The number of hydrogen-bond acceptors (Lipinski definition) is 2. The van der Waals surface area contributed by atoms with Gasteiger partial charge in [0.15, 0.2) is 0 Å². The summed E-state index contributed by atoms with van der Waals surface area (Å²) in [4.78, 5) is 0. The molecule has 3 nitrogen and oxygen atoms in total. The molecule has 0 aliphatic heterocycles. The molecular formula is C17H13BrF2N2O. The summed E-state index contributed by atoms with van der Waals surface area (Å²) in [5.41, 5.74) is 2.53. The van der Waals surface area contributed by atoms with Gasteiger partial charge in [-0.05, 0) is 45.8 Å². The van der Waals surface area contributed by atoms with Gasteiger partial charge in [0, 0.05) is 24.2 Å². The SMILES string of the molecule is COc1ccc(-c2ccc(F)cc2F)cc1-c1c(Br)cnn1C. The second-order valence-corrected chi connectivity index (χ2v) is 5.86. The van der Waals surface area contributed by atoms with E-state index in [2.05, 4.69) is 21.0 Å². The second kappa shape index (κ2) is 6.12. The standard InChI is InChI=1S/C17H13BrF2N2O/c1-22-17(14(18)9-21-22)13-7-10(3-6-16(13)23-2)12-5-4-11(19)8-15(12)20/h3-9H,1-2H3. The van der Waals surface area contributed by atoms with Gasteiger partial charge in [-0.2, -0.15) is 5.10 Å². The third-order valence-corrected chi connectivity index (χ3v) is 4.17. The highest BCUT2D eigenvalue weighted by Gasteiger charge is 2.16. The molecule has 0 spiro atoms. The van der Waals surface area contributed by atoms with E-state index in [0.717, 1.165) is 21.8 Å². The van der Waals surface area contributed by atoms with Gasteiger partial charge in [-0.1, -0.05) is 6.07 Å². The summed E-state index contributed by atoms with van der Waals surface area (Å²) in [7, 11) is 3.38. The second-order valence-electron chi connectivity index (χ2n) is 5.00. The minimum atomic E-state index is -0.606. The van der Waals surface area contributed by atoms with Crippen molar-refractivity contribution in [2.24, 2.45) is 7.05 Å². The van der Waals surface area contributed by atoms with E-state index in [-0.39, 0.29) is 0 Å². The van der Waals surface area contributed by atoms with Crippen molar-refractivity contribution in [2.45, 2.75) is 0 Å². The first-order chi connectivity index (χ1) is 11.0. The molecule has 0 radical (unpaired) electrons. The quantitative estimate of drug-likeness (QED) is 0.654. The summed E-state index contributed by atoms with van der Waals surface area (Å²) in [6.07, 6.45) is 1.68. The van der Waals surface area contributed by atoms with E-state index in [0.29, 0.717) is 16.9 Å². The van der Waals surface area contributed by atoms with Crippen molar-refractivity contribution >= 4 is 15.9 Å². The molecule has 0 atom stereocenters. The summed E-state index contributed by atoms with van der Waals surface area (Å²) >= 11 is 3.46. The normalized spacial score (nSPS) is 10.8. The molecule has 0 aliphatic carbocycles. The molecule has 3 rings (SSSR count). The first kappa shape index (κ1) is 15.7. The van der Waals surface area contributed by atoms with Gasteiger partial charge >= 0.3 is 0 Å². The number of nitrogens with zero attached hydrogens (tertiary/aromatic N) is 2. The largest absolute Gasteiger partial charge is 0.496 e. The predicted octanol–water partition coefficient (Wildman–Crippen LogP) is 4.80. The van der Waals surface area contributed by atoms with E-state index in [1.165, 1.54) is 12.1 Å². The summed E-state index contributed by atoms with van der Waals surface area (Å²) in [6.45, 7) is 0. The van der Waals surface area contributed by atoms with Gasteiger partial charge in [0.1, 0.15) is 17.4 Å². The molecule has 0 N–H and O–H groups in total. The lowest BCUT2D eigenvalue weighted by Crippen LogP contribution is -1.97. The van der Waals surface area contributed by atoms with Crippen LogP contribution in [0.1, 0.15) is 0 Å². The number of aromatic nitrogens is 2. The smallest absolute Gasteiger partial charge is 0.133 e. The van der Waals surface area contributed by atoms with Gasteiger partial charge in [0.25, 0.3) is 0 Å². The topological polar surface area (TPSA) is 27.1 Å². The molecule has 6 heteroatoms. The molecule has 23 heavy (non-hydrogen) atoms. The Hall–Kier alpha value is -2.21. The molecule has 0 fully saturated rings. The maximum absolute atomic E-state index is 14.1. The molecule has 0 saturated carbocycles. The van der Waals surface area contributed by atoms with Gasteiger partial charge in [0.05, 0.1) is 23.5 Å². The highest BCUT2D eigenvalue weighted by atomic mass is 79.9. The Kier molecular flexibility index (Phi) is 4.17. The molecule has 0 unspecified atom stereocenters. The lowest BCUT2D eigenvalue weighted by atomic mass is 10.0. The van der Waals surface area contributed by atoms with Crippen LogP contribution in [-0.4, -0.2) is 16.9 Å². The van der Waals surface area contributed by atoms with Crippen LogP contribution < -0.4 is 4.74 Å². The van der Waals surface area contributed by atoms with Crippen molar-refractivity contribution in [3.05, 3.63) is 58.7 Å². The number of hydrogen-bond donors (Lipinski definition) is 0. The first-order valence-electron chi connectivity index (χ1n) is 6.82. The van der Waals surface area contributed by atoms with E-state index < -0.39 is 11.6 Å². The van der Waals surface area contributed by atoms with Crippen LogP contribution in [0.4, 0.5) is 8.78 Å². The van der Waals surface area contributed by atoms with E-state index in [1.807, 2.05) is 7.05 Å². The van der Waals surface area contributed by atoms with Gasteiger partial charge < -0.3 is 4.74 Å². The fourth-order valence-corrected chi connectivity index (χ4v) is 3.06. The Balaban J connectivity index is 2.21. The van der Waals surface area contributed by atoms with Gasteiger partial charge in [-0.25, -0.2) is 8.78 Å². The molecule has 1 aromatic heterocycles. The van der Waals surface area contributed by atoms with E-state index in [1.54, 1.807) is 36.2 Å². The molecular weight excluding hydrogens is 366 g/mol. The van der Waals surface area contributed by atoms with E-state index in [9.17, 15) is 8.78 Å². The van der Waals surface area contributed by atoms with Crippen LogP contribution in [0.5, 0.6) is 5.75 Å². The Morgan fingerprint density at radius 3 is 2.48 bits per heavy atom. The maximum Gasteiger partial charge on any atom is 0.133 e. The predicted molar refractivity (Wildman–Crippen MR) is 88.2 cm³/mol. The number of halogens is 3. The van der Waals surface area contributed by atoms with Gasteiger partial charge in [0.2, 0.25) is 0 Å². The molecule has 118 valence electrons. The van der Waals surface area contributed by atoms with Gasteiger partial charge in [-0.15, -0.1) is 0 Å². The van der Waals surface area contributed by atoms with E-state index >= 15 is 0 Å². The lowest BCUT2D eigenvalue weighted by molar-refractivity contribution is 0.416. The van der Waals surface area contributed by atoms with Crippen molar-refractivity contribution in [3.8, 4) is 28.1 Å². The molecule has 0 amide bonds. The van der Waals surface area contributed by atoms with Crippen LogP contribution in [-0.2, 0) is 7.05 Å². The number of ether oxygens (including phenoxy) is 1. The maximum atomic E-state index is 14.1. The number of rotatable bonds is 3. The minimum Gasteiger partial charge on any atom is -0.496 e. The zero-order chi connectivity index (χ0) is 16.6. The number of benzene rings is 2. The van der Waals surface area contributed by atoms with Crippen LogP contribution in [0, 0.1) is 11.6 Å². The van der Waals surface area contributed by atoms with Crippen LogP contribution >= 0.6 is 15.9 Å². The Labute approximate surface area is 140 Å². The Morgan fingerprint density at radius 1 is 1.09 bits per heavy atom. The van der Waals surface area contributed by atoms with Crippen LogP contribution in [0.3, 0.4) is 0 Å². The van der Waals surface area contributed by atoms with Crippen molar-refractivity contribution in [2.75, 3.05) is 7.11 Å². The summed E-state index contributed by atoms with van der Waals surface area (Å²) in [6, 6.07) is 8.84. The number of aryl methyl sites for hydroxylation is 1. The molecule has 2 aromatic carbocycles. The summed E-state index contributed by atoms with van der Waals surface area (Å²) in [5.74, 6) is -0.569. The molecule has 3 aromatic rings. The lowest BCUT2D eigenvalue weighted by Gasteiger charge is -2.12. The molecule has 0 bridgehead atoms. The van der Waals surface area contributed by atoms with Gasteiger partial charge in [-0.3, -0.25) is 4.68 Å². The molecule has 1 heterocycles. The summed E-state index contributed by atoms with van der Waals surface area (Å²) in [5, 5.41) is 4.19. The third kappa shape index (κ3) is 2.86. The van der Waals surface area contributed by atoms with Crippen molar-refractivity contribution in [1.29, 1.82) is 0 Å². The fourth-order valence-electron chi connectivity index (χ4n) is 2.50. The van der Waals surface area contributed by atoms with Crippen LogP contribution in [0.25, 0.3) is 22.4 Å². The van der Waals surface area contributed by atoms with Crippen LogP contribution in [0.2, 0.25) is 0 Å². The van der Waals surface area contributed by atoms with Crippen molar-refractivity contribution in [3.63, 3.8) is 0 Å². The van der Waals surface area contributed by atoms with Crippen molar-refractivity contribution in [1.82, 2.24) is 9.78 Å². The highest BCUT2D eigenvalue weighted by Crippen LogP contribution is 2.38. The number of methoxy groups -OCH3 is 1. The molecule has 0 saturated heterocycles. The average Bonchev–Trinajstić information content (AvgIpc) is 2.85. The Bertz CT molecular complexity index is 858. The third-order valence-electron chi connectivity index (χ3n) is 3.59.